The SMILES string of the molecule is CC(C)CC1C(N)NNC1c1cc(Cl)cc(Cl)c1. The molecule has 0 saturated carbocycles. The van der Waals surface area contributed by atoms with Crippen LogP contribution >= 0.6 is 23.2 Å². The predicted octanol–water partition coefficient (Wildman–Crippen LogP) is 3.09. The van der Waals surface area contributed by atoms with Gasteiger partial charge in [0.1, 0.15) is 0 Å². The van der Waals surface area contributed by atoms with E-state index in [0.29, 0.717) is 21.9 Å². The van der Waals surface area contributed by atoms with E-state index in [2.05, 4.69) is 24.7 Å². The van der Waals surface area contributed by atoms with Crippen LogP contribution in [0.3, 0.4) is 0 Å². The first-order chi connectivity index (χ1) is 8.47. The molecule has 1 aliphatic heterocycles. The van der Waals surface area contributed by atoms with Crippen molar-refractivity contribution in [1.82, 2.24) is 10.9 Å². The summed E-state index contributed by atoms with van der Waals surface area (Å²) in [7, 11) is 0. The Morgan fingerprint density at radius 1 is 1.17 bits per heavy atom. The zero-order valence-electron chi connectivity index (χ0n) is 10.6. The molecular weight excluding hydrogens is 269 g/mol. The summed E-state index contributed by atoms with van der Waals surface area (Å²) >= 11 is 12.1. The lowest BCUT2D eigenvalue weighted by Gasteiger charge is -2.23. The maximum absolute atomic E-state index is 6.09. The van der Waals surface area contributed by atoms with Gasteiger partial charge in [0, 0.05) is 16.0 Å². The molecule has 0 bridgehead atoms. The molecule has 1 aliphatic rings. The first kappa shape index (κ1) is 14.1. The number of rotatable bonds is 3. The lowest BCUT2D eigenvalue weighted by atomic mass is 9.86. The van der Waals surface area contributed by atoms with Gasteiger partial charge >= 0.3 is 0 Å². The normalized spacial score (nSPS) is 28.0. The van der Waals surface area contributed by atoms with Gasteiger partial charge in [-0.25, -0.2) is 10.9 Å². The number of nitrogens with one attached hydrogen (secondary N) is 2. The number of hydrogen-bond acceptors (Lipinski definition) is 3. The molecule has 0 radical (unpaired) electrons. The van der Waals surface area contributed by atoms with E-state index >= 15 is 0 Å². The van der Waals surface area contributed by atoms with Gasteiger partial charge in [0.15, 0.2) is 0 Å². The highest BCUT2D eigenvalue weighted by Crippen LogP contribution is 2.34. The van der Waals surface area contributed by atoms with Crippen LogP contribution in [0.15, 0.2) is 18.2 Å². The molecule has 3 nitrogen and oxygen atoms in total. The van der Waals surface area contributed by atoms with Gasteiger partial charge in [-0.3, -0.25) is 0 Å². The van der Waals surface area contributed by atoms with E-state index in [9.17, 15) is 0 Å². The predicted molar refractivity (Wildman–Crippen MR) is 76.4 cm³/mol. The molecule has 0 spiro atoms. The van der Waals surface area contributed by atoms with E-state index in [1.54, 1.807) is 6.07 Å². The van der Waals surface area contributed by atoms with Crippen LogP contribution in [0, 0.1) is 11.8 Å². The highest BCUT2D eigenvalue weighted by molar-refractivity contribution is 6.34. The van der Waals surface area contributed by atoms with E-state index in [-0.39, 0.29) is 12.2 Å². The number of hydrazine groups is 1. The Morgan fingerprint density at radius 2 is 1.78 bits per heavy atom. The Kier molecular flexibility index (Phi) is 4.51. The zero-order chi connectivity index (χ0) is 13.3. The molecular formula is C13H19Cl2N3. The minimum absolute atomic E-state index is 0.0462. The summed E-state index contributed by atoms with van der Waals surface area (Å²) in [6, 6.07) is 5.78. The maximum Gasteiger partial charge on any atom is 0.0726 e. The first-order valence-corrected chi connectivity index (χ1v) is 6.95. The molecule has 5 heteroatoms. The molecule has 0 aliphatic carbocycles. The Balaban J connectivity index is 2.25. The summed E-state index contributed by atoms with van der Waals surface area (Å²) in [6.07, 6.45) is 1.01. The summed E-state index contributed by atoms with van der Waals surface area (Å²) in [5.74, 6) is 0.930. The monoisotopic (exact) mass is 287 g/mol. The average Bonchev–Trinajstić information content (AvgIpc) is 2.58. The second kappa shape index (κ2) is 5.76. The summed E-state index contributed by atoms with van der Waals surface area (Å²) in [4.78, 5) is 0. The fraction of sp³-hybridized carbons (Fsp3) is 0.538. The lowest BCUT2D eigenvalue weighted by molar-refractivity contribution is 0.344. The van der Waals surface area contributed by atoms with Crippen LogP contribution in [-0.4, -0.2) is 6.17 Å². The molecule has 3 unspecified atom stereocenters. The third kappa shape index (κ3) is 3.16. The number of benzene rings is 1. The van der Waals surface area contributed by atoms with Gasteiger partial charge in [-0.15, -0.1) is 0 Å². The van der Waals surface area contributed by atoms with Gasteiger partial charge in [0.2, 0.25) is 0 Å². The standard InChI is InChI=1S/C13H19Cl2N3/c1-7(2)3-11-12(17-18-13(11)16)8-4-9(14)6-10(15)5-8/h4-7,11-13,17-18H,3,16H2,1-2H3. The Hall–Kier alpha value is -0.320. The highest BCUT2D eigenvalue weighted by Gasteiger charge is 2.34. The second-order valence-electron chi connectivity index (χ2n) is 5.29. The zero-order valence-corrected chi connectivity index (χ0v) is 12.1. The van der Waals surface area contributed by atoms with Crippen LogP contribution < -0.4 is 16.6 Å². The van der Waals surface area contributed by atoms with Crippen molar-refractivity contribution in [3.63, 3.8) is 0 Å². The van der Waals surface area contributed by atoms with E-state index in [1.165, 1.54) is 0 Å². The Bertz CT molecular complexity index is 402. The molecule has 0 amide bonds. The summed E-state index contributed by atoms with van der Waals surface area (Å²) in [5.41, 5.74) is 13.5. The molecule has 4 N–H and O–H groups in total. The van der Waals surface area contributed by atoms with Crippen molar-refractivity contribution in [2.75, 3.05) is 0 Å². The smallest absolute Gasteiger partial charge is 0.0726 e. The molecule has 100 valence electrons. The maximum atomic E-state index is 6.09. The van der Waals surface area contributed by atoms with Gasteiger partial charge < -0.3 is 5.73 Å². The van der Waals surface area contributed by atoms with Gasteiger partial charge in [0.25, 0.3) is 0 Å². The summed E-state index contributed by atoms with van der Waals surface area (Å²) in [6.45, 7) is 4.40. The lowest BCUT2D eigenvalue weighted by Crippen LogP contribution is -2.39. The molecule has 1 fully saturated rings. The van der Waals surface area contributed by atoms with Crippen LogP contribution in [0.5, 0.6) is 0 Å². The highest BCUT2D eigenvalue weighted by atomic mass is 35.5. The number of hydrogen-bond donors (Lipinski definition) is 3. The topological polar surface area (TPSA) is 50.1 Å². The largest absolute Gasteiger partial charge is 0.315 e. The third-order valence-corrected chi connectivity index (χ3v) is 3.72. The minimum Gasteiger partial charge on any atom is -0.315 e. The van der Waals surface area contributed by atoms with Gasteiger partial charge in [0.05, 0.1) is 12.2 Å². The van der Waals surface area contributed by atoms with Crippen LogP contribution in [0.25, 0.3) is 0 Å². The van der Waals surface area contributed by atoms with Gasteiger partial charge in [-0.2, -0.15) is 0 Å². The van der Waals surface area contributed by atoms with Crippen molar-refractivity contribution in [3.05, 3.63) is 33.8 Å². The van der Waals surface area contributed by atoms with Crippen LogP contribution in [0.2, 0.25) is 10.0 Å². The van der Waals surface area contributed by atoms with E-state index in [4.69, 9.17) is 28.9 Å². The quantitative estimate of drug-likeness (QED) is 0.801. The second-order valence-corrected chi connectivity index (χ2v) is 6.16. The number of nitrogens with two attached hydrogens (primary N) is 1. The van der Waals surface area contributed by atoms with Crippen molar-refractivity contribution < 1.29 is 0 Å². The van der Waals surface area contributed by atoms with Gasteiger partial charge in [-0.1, -0.05) is 37.0 Å². The molecule has 1 saturated heterocycles. The van der Waals surface area contributed by atoms with Crippen molar-refractivity contribution in [2.45, 2.75) is 32.5 Å². The van der Waals surface area contributed by atoms with Crippen LogP contribution in [0.4, 0.5) is 0 Å². The van der Waals surface area contributed by atoms with Crippen molar-refractivity contribution >= 4 is 23.2 Å². The first-order valence-electron chi connectivity index (χ1n) is 6.20. The fourth-order valence-electron chi connectivity index (χ4n) is 2.52. The van der Waals surface area contributed by atoms with E-state index in [0.717, 1.165) is 12.0 Å². The van der Waals surface area contributed by atoms with Crippen molar-refractivity contribution in [3.8, 4) is 0 Å². The van der Waals surface area contributed by atoms with Crippen molar-refractivity contribution in [1.29, 1.82) is 0 Å². The average molecular weight is 288 g/mol. The van der Waals surface area contributed by atoms with Crippen LogP contribution in [-0.2, 0) is 0 Å². The fourth-order valence-corrected chi connectivity index (χ4v) is 3.06. The minimum atomic E-state index is -0.0462. The summed E-state index contributed by atoms with van der Waals surface area (Å²) < 4.78 is 0. The molecule has 0 aromatic heterocycles. The number of halogens is 2. The van der Waals surface area contributed by atoms with E-state index in [1.807, 2.05) is 12.1 Å². The van der Waals surface area contributed by atoms with Gasteiger partial charge in [-0.05, 0) is 36.1 Å². The Labute approximate surface area is 118 Å². The third-order valence-electron chi connectivity index (χ3n) is 3.28. The Morgan fingerprint density at radius 3 is 2.33 bits per heavy atom. The molecule has 1 aromatic rings. The summed E-state index contributed by atoms with van der Waals surface area (Å²) in [5, 5.41) is 1.31. The molecule has 18 heavy (non-hydrogen) atoms. The molecule has 1 aromatic carbocycles. The van der Waals surface area contributed by atoms with E-state index < -0.39 is 0 Å². The van der Waals surface area contributed by atoms with Crippen LogP contribution in [0.1, 0.15) is 31.9 Å². The van der Waals surface area contributed by atoms with Crippen molar-refractivity contribution in [2.24, 2.45) is 17.6 Å². The molecule has 1 heterocycles. The molecule has 2 rings (SSSR count). The molecule has 3 atom stereocenters.